The van der Waals surface area contributed by atoms with E-state index in [2.05, 4.69) is 14.7 Å². The lowest BCUT2D eigenvalue weighted by Crippen LogP contribution is -2.22. The molecule has 0 aliphatic rings. The third-order valence-electron chi connectivity index (χ3n) is 4.18. The summed E-state index contributed by atoms with van der Waals surface area (Å²) in [6.07, 6.45) is -3.04. The lowest BCUT2D eigenvalue weighted by molar-refractivity contribution is -0.159. The summed E-state index contributed by atoms with van der Waals surface area (Å²) in [4.78, 5) is 15.6. The fourth-order valence-corrected chi connectivity index (χ4v) is 2.89. The molecule has 2 aromatic heterocycles. The van der Waals surface area contributed by atoms with Crippen LogP contribution in [0.1, 0.15) is 11.5 Å². The Morgan fingerprint density at radius 3 is 2.31 bits per heavy atom. The van der Waals surface area contributed by atoms with E-state index >= 15 is 0 Å². The highest BCUT2D eigenvalue weighted by atomic mass is 35.5. The van der Waals surface area contributed by atoms with Crippen molar-refractivity contribution in [2.45, 2.75) is 12.7 Å². The maximum atomic E-state index is 12.6. The number of hydrogen-bond donors (Lipinski definition) is 0. The van der Waals surface area contributed by atoms with E-state index in [1.165, 1.54) is 10.7 Å². The number of aromatic nitrogens is 4. The second-order valence-corrected chi connectivity index (χ2v) is 6.59. The van der Waals surface area contributed by atoms with Crippen LogP contribution in [-0.4, -0.2) is 19.5 Å². The smallest absolute Gasteiger partial charge is 0.329 e. The summed E-state index contributed by atoms with van der Waals surface area (Å²) in [6, 6.07) is 15.0. The predicted octanol–water partition coefficient (Wildman–Crippen LogP) is 4.41. The lowest BCUT2D eigenvalue weighted by atomic mass is 10.1. The summed E-state index contributed by atoms with van der Waals surface area (Å²) in [5, 5.41) is 3.94. The molecule has 2 heterocycles. The van der Waals surface area contributed by atoms with Gasteiger partial charge in [-0.2, -0.15) is 18.2 Å². The van der Waals surface area contributed by atoms with Crippen molar-refractivity contribution in [2.75, 3.05) is 0 Å². The molecule has 4 rings (SSSR count). The zero-order valence-corrected chi connectivity index (χ0v) is 15.4. The van der Waals surface area contributed by atoms with E-state index in [4.69, 9.17) is 11.6 Å². The average molecular weight is 421 g/mol. The Labute approximate surface area is 166 Å². The van der Waals surface area contributed by atoms with E-state index in [1.54, 1.807) is 59.4 Å². The fourth-order valence-electron chi connectivity index (χ4n) is 2.77. The Balaban J connectivity index is 1.59. The van der Waals surface area contributed by atoms with Crippen molar-refractivity contribution in [3.05, 3.63) is 87.6 Å². The molecule has 10 heteroatoms. The van der Waals surface area contributed by atoms with Gasteiger partial charge < -0.3 is 4.52 Å². The van der Waals surface area contributed by atoms with Gasteiger partial charge in [-0.05, 0) is 29.8 Å². The van der Waals surface area contributed by atoms with Gasteiger partial charge in [-0.1, -0.05) is 41.0 Å². The van der Waals surface area contributed by atoms with Crippen LogP contribution in [0.15, 0.2) is 70.1 Å². The Bertz CT molecular complexity index is 1190. The summed E-state index contributed by atoms with van der Waals surface area (Å²) in [7, 11) is 0. The van der Waals surface area contributed by atoms with E-state index in [-0.39, 0.29) is 17.9 Å². The SMILES string of the molecule is O=c1ccn(-c2ccc(Cl)cc2)n1Cc1ccc(-c2noc(C(F)(F)F)n2)cc1. The zero-order chi connectivity index (χ0) is 20.6. The summed E-state index contributed by atoms with van der Waals surface area (Å²) < 4.78 is 45.2. The molecule has 4 aromatic rings. The second-order valence-electron chi connectivity index (χ2n) is 6.15. The normalized spacial score (nSPS) is 11.7. The van der Waals surface area contributed by atoms with Crippen molar-refractivity contribution in [1.29, 1.82) is 0 Å². The van der Waals surface area contributed by atoms with Crippen molar-refractivity contribution in [1.82, 2.24) is 19.5 Å². The molecule has 2 aromatic carbocycles. The van der Waals surface area contributed by atoms with E-state index in [0.717, 1.165) is 11.3 Å². The highest BCUT2D eigenvalue weighted by molar-refractivity contribution is 6.30. The molecule has 0 spiro atoms. The number of nitrogens with zero attached hydrogens (tertiary/aromatic N) is 4. The van der Waals surface area contributed by atoms with Crippen molar-refractivity contribution in [3.63, 3.8) is 0 Å². The van der Waals surface area contributed by atoms with Crippen LogP contribution in [-0.2, 0) is 12.7 Å². The van der Waals surface area contributed by atoms with E-state index in [1.807, 2.05) is 0 Å². The van der Waals surface area contributed by atoms with Crippen LogP contribution in [0, 0.1) is 0 Å². The van der Waals surface area contributed by atoms with Crippen LogP contribution in [0.3, 0.4) is 0 Å². The van der Waals surface area contributed by atoms with Crippen LogP contribution in [0.2, 0.25) is 5.02 Å². The highest BCUT2D eigenvalue weighted by Gasteiger charge is 2.38. The molecular formula is C19H12ClF3N4O2. The van der Waals surface area contributed by atoms with Gasteiger partial charge in [-0.15, -0.1) is 0 Å². The van der Waals surface area contributed by atoms with Gasteiger partial charge in [0.15, 0.2) is 0 Å². The minimum Gasteiger partial charge on any atom is -0.329 e. The standard InChI is InChI=1S/C19H12ClF3N4O2/c20-14-5-7-15(8-6-14)26-10-9-16(28)27(26)11-12-1-3-13(4-2-12)17-24-18(29-25-17)19(21,22)23/h1-10H,11H2. The first kappa shape index (κ1) is 19.0. The van der Waals surface area contributed by atoms with Crippen LogP contribution in [0.25, 0.3) is 17.1 Å². The van der Waals surface area contributed by atoms with Crippen LogP contribution < -0.4 is 5.56 Å². The van der Waals surface area contributed by atoms with Gasteiger partial charge in [-0.3, -0.25) is 9.48 Å². The third kappa shape index (κ3) is 3.95. The fraction of sp³-hybridized carbons (Fsp3) is 0.105. The van der Waals surface area contributed by atoms with Gasteiger partial charge >= 0.3 is 12.1 Å². The second kappa shape index (κ2) is 7.25. The molecule has 0 amide bonds. The number of hydrogen-bond acceptors (Lipinski definition) is 4. The molecular weight excluding hydrogens is 409 g/mol. The Morgan fingerprint density at radius 2 is 1.69 bits per heavy atom. The summed E-state index contributed by atoms with van der Waals surface area (Å²) in [6.45, 7) is 0.259. The van der Waals surface area contributed by atoms with Gasteiger partial charge in [0.2, 0.25) is 5.82 Å². The predicted molar refractivity (Wildman–Crippen MR) is 98.9 cm³/mol. The monoisotopic (exact) mass is 420 g/mol. The van der Waals surface area contributed by atoms with Crippen molar-refractivity contribution < 1.29 is 17.7 Å². The third-order valence-corrected chi connectivity index (χ3v) is 4.43. The van der Waals surface area contributed by atoms with Crippen molar-refractivity contribution in [2.24, 2.45) is 0 Å². The van der Waals surface area contributed by atoms with Gasteiger partial charge in [-0.25, -0.2) is 4.68 Å². The molecule has 0 aliphatic heterocycles. The Hall–Kier alpha value is -3.33. The van der Waals surface area contributed by atoms with Gasteiger partial charge in [0.1, 0.15) is 0 Å². The maximum Gasteiger partial charge on any atom is 0.471 e. The number of benzene rings is 2. The molecule has 0 saturated carbocycles. The molecule has 0 bridgehead atoms. The van der Waals surface area contributed by atoms with Crippen LogP contribution in [0.5, 0.6) is 0 Å². The summed E-state index contributed by atoms with van der Waals surface area (Å²) in [5.41, 5.74) is 1.70. The summed E-state index contributed by atoms with van der Waals surface area (Å²) in [5.74, 6) is -1.56. The van der Waals surface area contributed by atoms with Crippen molar-refractivity contribution in [3.8, 4) is 17.1 Å². The first-order valence-corrected chi connectivity index (χ1v) is 8.74. The lowest BCUT2D eigenvalue weighted by Gasteiger charge is -2.12. The molecule has 6 nitrogen and oxygen atoms in total. The molecule has 0 N–H and O–H groups in total. The number of alkyl halides is 3. The largest absolute Gasteiger partial charge is 0.471 e. The number of halogens is 4. The van der Waals surface area contributed by atoms with E-state index in [9.17, 15) is 18.0 Å². The van der Waals surface area contributed by atoms with Crippen LogP contribution >= 0.6 is 11.6 Å². The molecule has 0 fully saturated rings. The Morgan fingerprint density at radius 1 is 1.00 bits per heavy atom. The molecule has 0 aliphatic carbocycles. The Kier molecular flexibility index (Phi) is 4.75. The quantitative estimate of drug-likeness (QED) is 0.490. The number of rotatable bonds is 4. The molecule has 148 valence electrons. The van der Waals surface area contributed by atoms with Gasteiger partial charge in [0.25, 0.3) is 5.56 Å². The van der Waals surface area contributed by atoms with E-state index < -0.39 is 12.1 Å². The first-order valence-electron chi connectivity index (χ1n) is 8.36. The van der Waals surface area contributed by atoms with Gasteiger partial charge in [0, 0.05) is 22.8 Å². The van der Waals surface area contributed by atoms with E-state index in [0.29, 0.717) is 10.6 Å². The molecule has 0 radical (unpaired) electrons. The molecule has 0 atom stereocenters. The van der Waals surface area contributed by atoms with Crippen molar-refractivity contribution >= 4 is 11.6 Å². The van der Waals surface area contributed by atoms with Crippen LogP contribution in [0.4, 0.5) is 13.2 Å². The van der Waals surface area contributed by atoms with Gasteiger partial charge in [0.05, 0.1) is 12.2 Å². The average Bonchev–Trinajstić information content (AvgIpc) is 3.31. The maximum absolute atomic E-state index is 12.6. The minimum atomic E-state index is -4.70. The first-order chi connectivity index (χ1) is 13.8. The minimum absolute atomic E-state index is 0.161. The topological polar surface area (TPSA) is 65.8 Å². The molecule has 0 unspecified atom stereocenters. The molecule has 29 heavy (non-hydrogen) atoms. The summed E-state index contributed by atoms with van der Waals surface area (Å²) >= 11 is 5.91. The molecule has 0 saturated heterocycles. The zero-order valence-electron chi connectivity index (χ0n) is 14.6. The highest BCUT2D eigenvalue weighted by Crippen LogP contribution is 2.29.